The second-order valence-electron chi connectivity index (χ2n) is 5.32. The lowest BCUT2D eigenvalue weighted by Gasteiger charge is -2.21. The van der Waals surface area contributed by atoms with E-state index in [2.05, 4.69) is 19.9 Å². The Morgan fingerprint density at radius 2 is 1.95 bits per heavy atom. The fourth-order valence-corrected chi connectivity index (χ4v) is 2.30. The van der Waals surface area contributed by atoms with Crippen LogP contribution in [0.15, 0.2) is 0 Å². The molecule has 0 aliphatic carbocycles. The average Bonchev–Trinajstić information content (AvgIpc) is 2.87. The standard InChI is InChI=1S/C13H22ClN5O/c1-10(2)20-13-16-11(14)15-12(17-13)18(3)8-9-19-6-4-5-7-19/h10H,4-9H2,1-3H3. The van der Waals surface area contributed by atoms with Crippen molar-refractivity contribution in [3.05, 3.63) is 5.28 Å². The first-order valence-electron chi connectivity index (χ1n) is 7.06. The van der Waals surface area contributed by atoms with Gasteiger partial charge in [0.25, 0.3) is 0 Å². The summed E-state index contributed by atoms with van der Waals surface area (Å²) in [5, 5.41) is 0.165. The van der Waals surface area contributed by atoms with Gasteiger partial charge in [-0.2, -0.15) is 15.0 Å². The Hall–Kier alpha value is -1.14. The van der Waals surface area contributed by atoms with E-state index in [1.807, 2.05) is 25.8 Å². The summed E-state index contributed by atoms with van der Waals surface area (Å²) in [6, 6.07) is 0.281. The van der Waals surface area contributed by atoms with Gasteiger partial charge in [-0.1, -0.05) is 0 Å². The number of halogens is 1. The van der Waals surface area contributed by atoms with Crippen LogP contribution < -0.4 is 9.64 Å². The van der Waals surface area contributed by atoms with Crippen molar-refractivity contribution in [3.63, 3.8) is 0 Å². The molecule has 20 heavy (non-hydrogen) atoms. The normalized spacial score (nSPS) is 15.8. The number of nitrogens with zero attached hydrogens (tertiary/aromatic N) is 5. The van der Waals surface area contributed by atoms with Gasteiger partial charge in [-0.3, -0.25) is 0 Å². The van der Waals surface area contributed by atoms with Crippen LogP contribution in [0.4, 0.5) is 5.95 Å². The smallest absolute Gasteiger partial charge is 0.322 e. The number of aromatic nitrogens is 3. The van der Waals surface area contributed by atoms with E-state index in [1.165, 1.54) is 25.9 Å². The van der Waals surface area contributed by atoms with Crippen LogP contribution in [-0.2, 0) is 0 Å². The van der Waals surface area contributed by atoms with Crippen molar-refractivity contribution in [3.8, 4) is 6.01 Å². The van der Waals surface area contributed by atoms with Gasteiger partial charge in [0.2, 0.25) is 11.2 Å². The molecule has 1 aromatic rings. The third kappa shape index (κ3) is 4.45. The predicted molar refractivity (Wildman–Crippen MR) is 79.5 cm³/mol. The average molecular weight is 300 g/mol. The molecule has 1 saturated heterocycles. The maximum atomic E-state index is 5.93. The van der Waals surface area contributed by atoms with Gasteiger partial charge < -0.3 is 14.5 Å². The Morgan fingerprint density at radius 1 is 1.25 bits per heavy atom. The molecule has 0 saturated carbocycles. The number of hydrogen-bond donors (Lipinski definition) is 0. The number of hydrogen-bond acceptors (Lipinski definition) is 6. The first-order valence-corrected chi connectivity index (χ1v) is 7.44. The highest BCUT2D eigenvalue weighted by Gasteiger charge is 2.15. The van der Waals surface area contributed by atoms with Crippen LogP contribution in [-0.4, -0.2) is 59.2 Å². The Bertz CT molecular complexity index is 437. The van der Waals surface area contributed by atoms with Gasteiger partial charge in [0.15, 0.2) is 0 Å². The van der Waals surface area contributed by atoms with Crippen LogP contribution in [0.2, 0.25) is 5.28 Å². The summed E-state index contributed by atoms with van der Waals surface area (Å²) in [4.78, 5) is 16.9. The van der Waals surface area contributed by atoms with Crippen LogP contribution in [0.5, 0.6) is 6.01 Å². The molecule has 1 aromatic heterocycles. The minimum atomic E-state index is 0.0104. The molecule has 0 radical (unpaired) electrons. The van der Waals surface area contributed by atoms with E-state index in [-0.39, 0.29) is 17.4 Å². The molecule has 0 amide bonds. The van der Waals surface area contributed by atoms with E-state index < -0.39 is 0 Å². The molecule has 0 spiro atoms. The topological polar surface area (TPSA) is 54.4 Å². The van der Waals surface area contributed by atoms with E-state index >= 15 is 0 Å². The van der Waals surface area contributed by atoms with E-state index in [0.717, 1.165) is 13.1 Å². The second-order valence-corrected chi connectivity index (χ2v) is 5.66. The number of ether oxygens (including phenoxy) is 1. The molecule has 7 heteroatoms. The molecule has 2 heterocycles. The number of anilines is 1. The Labute approximate surface area is 125 Å². The minimum Gasteiger partial charge on any atom is -0.461 e. The van der Waals surface area contributed by atoms with Crippen molar-refractivity contribution in [2.24, 2.45) is 0 Å². The van der Waals surface area contributed by atoms with Gasteiger partial charge in [-0.25, -0.2) is 0 Å². The third-order valence-electron chi connectivity index (χ3n) is 3.21. The number of rotatable bonds is 6. The zero-order chi connectivity index (χ0) is 14.5. The molecule has 0 bridgehead atoms. The van der Waals surface area contributed by atoms with Gasteiger partial charge in [-0.15, -0.1) is 0 Å². The fraction of sp³-hybridized carbons (Fsp3) is 0.769. The zero-order valence-corrected chi connectivity index (χ0v) is 13.1. The number of likely N-dealkylation sites (N-methyl/N-ethyl adjacent to an activating group) is 1. The molecule has 1 fully saturated rings. The van der Waals surface area contributed by atoms with Gasteiger partial charge in [-0.05, 0) is 51.4 Å². The Morgan fingerprint density at radius 3 is 2.60 bits per heavy atom. The highest BCUT2D eigenvalue weighted by atomic mass is 35.5. The lowest BCUT2D eigenvalue weighted by molar-refractivity contribution is 0.221. The van der Waals surface area contributed by atoms with Gasteiger partial charge in [0, 0.05) is 20.1 Å². The van der Waals surface area contributed by atoms with Crippen molar-refractivity contribution >= 4 is 17.5 Å². The quantitative estimate of drug-likeness (QED) is 0.799. The first kappa shape index (κ1) is 15.3. The van der Waals surface area contributed by atoms with E-state index in [9.17, 15) is 0 Å². The molecule has 2 rings (SSSR count). The minimum absolute atomic E-state index is 0.0104. The highest BCUT2D eigenvalue weighted by Crippen LogP contribution is 2.15. The van der Waals surface area contributed by atoms with Crippen molar-refractivity contribution in [1.82, 2.24) is 19.9 Å². The highest BCUT2D eigenvalue weighted by molar-refractivity contribution is 6.28. The van der Waals surface area contributed by atoms with E-state index in [4.69, 9.17) is 16.3 Å². The van der Waals surface area contributed by atoms with Gasteiger partial charge in [0.1, 0.15) is 0 Å². The summed E-state index contributed by atoms with van der Waals surface area (Å²) >= 11 is 5.93. The molecule has 0 N–H and O–H groups in total. The first-order chi connectivity index (χ1) is 9.54. The summed E-state index contributed by atoms with van der Waals surface area (Å²) in [5.74, 6) is 0.555. The fourth-order valence-electron chi connectivity index (χ4n) is 2.15. The van der Waals surface area contributed by atoms with Crippen LogP contribution in [0.25, 0.3) is 0 Å². The van der Waals surface area contributed by atoms with Gasteiger partial charge in [0.05, 0.1) is 6.10 Å². The lowest BCUT2D eigenvalue weighted by atomic mass is 10.4. The molecule has 1 aliphatic rings. The van der Waals surface area contributed by atoms with Crippen molar-refractivity contribution < 1.29 is 4.74 Å². The lowest BCUT2D eigenvalue weighted by Crippen LogP contribution is -2.32. The molecule has 6 nitrogen and oxygen atoms in total. The summed E-state index contributed by atoms with van der Waals surface area (Å²) in [6.45, 7) is 8.10. The monoisotopic (exact) mass is 299 g/mol. The summed E-state index contributed by atoms with van der Waals surface area (Å²) in [5.41, 5.74) is 0. The van der Waals surface area contributed by atoms with Crippen molar-refractivity contribution in [2.45, 2.75) is 32.8 Å². The predicted octanol–water partition coefficient (Wildman–Crippen LogP) is 1.84. The maximum absolute atomic E-state index is 5.93. The number of likely N-dealkylation sites (tertiary alicyclic amines) is 1. The molecule has 0 atom stereocenters. The summed E-state index contributed by atoms with van der Waals surface area (Å²) in [7, 11) is 1.96. The van der Waals surface area contributed by atoms with Crippen LogP contribution in [0.3, 0.4) is 0 Å². The molecule has 0 aromatic carbocycles. The zero-order valence-electron chi connectivity index (χ0n) is 12.3. The Balaban J connectivity index is 1.96. The third-order valence-corrected chi connectivity index (χ3v) is 3.38. The van der Waals surface area contributed by atoms with Crippen LogP contribution in [0.1, 0.15) is 26.7 Å². The SMILES string of the molecule is CC(C)Oc1nc(Cl)nc(N(C)CCN2CCCC2)n1. The molecule has 1 aliphatic heterocycles. The second kappa shape index (κ2) is 7.04. The van der Waals surface area contributed by atoms with E-state index in [1.54, 1.807) is 0 Å². The van der Waals surface area contributed by atoms with Crippen LogP contribution in [0, 0.1) is 0 Å². The largest absolute Gasteiger partial charge is 0.461 e. The maximum Gasteiger partial charge on any atom is 0.322 e. The van der Waals surface area contributed by atoms with Crippen molar-refractivity contribution in [2.75, 3.05) is 38.1 Å². The molecule has 0 unspecified atom stereocenters. The van der Waals surface area contributed by atoms with Gasteiger partial charge >= 0.3 is 6.01 Å². The molecular formula is C13H22ClN5O. The van der Waals surface area contributed by atoms with Crippen molar-refractivity contribution in [1.29, 1.82) is 0 Å². The van der Waals surface area contributed by atoms with Crippen LogP contribution >= 0.6 is 11.6 Å². The molecule has 112 valence electrons. The summed E-state index contributed by atoms with van der Waals surface area (Å²) in [6.07, 6.45) is 2.61. The summed E-state index contributed by atoms with van der Waals surface area (Å²) < 4.78 is 5.48. The molecular weight excluding hydrogens is 278 g/mol. The Kier molecular flexibility index (Phi) is 5.37. The van der Waals surface area contributed by atoms with E-state index in [0.29, 0.717) is 5.95 Å².